The largest absolute Gasteiger partial charge is 0.493 e. The summed E-state index contributed by atoms with van der Waals surface area (Å²) >= 11 is 0. The van der Waals surface area contributed by atoms with Crippen molar-refractivity contribution in [2.24, 2.45) is 7.05 Å². The van der Waals surface area contributed by atoms with Gasteiger partial charge in [-0.05, 0) is 49.3 Å². The molecule has 43 heavy (non-hydrogen) atoms. The van der Waals surface area contributed by atoms with Gasteiger partial charge in [-0.3, -0.25) is 4.68 Å². The van der Waals surface area contributed by atoms with Crippen molar-refractivity contribution < 1.29 is 14.3 Å². The number of carbonyl (C=O) groups excluding carboxylic acids is 1. The van der Waals surface area contributed by atoms with Crippen LogP contribution in [0.15, 0.2) is 91.0 Å². The van der Waals surface area contributed by atoms with Crippen molar-refractivity contribution >= 4 is 33.5 Å². The molecule has 7 heteroatoms. The van der Waals surface area contributed by atoms with Crippen LogP contribution in [0.2, 0.25) is 0 Å². The van der Waals surface area contributed by atoms with Crippen molar-refractivity contribution in [1.82, 2.24) is 14.8 Å². The number of aromatic amines is 1. The van der Waals surface area contributed by atoms with Gasteiger partial charge in [-0.25, -0.2) is 4.79 Å². The van der Waals surface area contributed by atoms with Gasteiger partial charge in [-0.2, -0.15) is 5.10 Å². The van der Waals surface area contributed by atoms with Gasteiger partial charge in [0.25, 0.3) is 0 Å². The normalized spacial score (nSPS) is 11.2. The number of para-hydroxylation sites is 1. The maximum absolute atomic E-state index is 13.2. The predicted molar refractivity (Wildman–Crippen MR) is 173 cm³/mol. The van der Waals surface area contributed by atoms with Crippen LogP contribution in [0.1, 0.15) is 40.7 Å². The molecule has 0 unspecified atom stereocenters. The van der Waals surface area contributed by atoms with E-state index in [9.17, 15) is 4.79 Å². The van der Waals surface area contributed by atoms with Crippen LogP contribution in [0, 0.1) is 6.92 Å². The molecule has 0 bridgehead atoms. The van der Waals surface area contributed by atoms with Gasteiger partial charge in [0.05, 0.1) is 24.4 Å². The fourth-order valence-electron chi connectivity index (χ4n) is 5.84. The topological polar surface area (TPSA) is 81.2 Å². The van der Waals surface area contributed by atoms with Crippen molar-refractivity contribution in [2.45, 2.75) is 33.2 Å². The highest BCUT2D eigenvalue weighted by atomic mass is 16.5. The molecule has 0 saturated carbocycles. The minimum atomic E-state index is -0.347. The molecule has 2 N–H and O–H groups in total. The lowest BCUT2D eigenvalue weighted by atomic mass is 9.99. The SMILES string of the molecule is CCOC(=O)c1[nH]c2c(-c3c(C)nn(C)c3NCc3ccccc3)cccc2c1CCCOc1cccc2ccccc12. The van der Waals surface area contributed by atoms with E-state index in [-0.39, 0.29) is 5.97 Å². The van der Waals surface area contributed by atoms with E-state index < -0.39 is 0 Å². The minimum Gasteiger partial charge on any atom is -0.493 e. The van der Waals surface area contributed by atoms with E-state index in [1.165, 1.54) is 5.56 Å². The highest BCUT2D eigenvalue weighted by Crippen LogP contribution is 2.38. The average Bonchev–Trinajstić information content (AvgIpc) is 3.54. The smallest absolute Gasteiger partial charge is 0.355 e. The standard InChI is InChI=1S/C36H36N4O3/c1-4-42-36(41)34-29(20-12-22-43-31-21-10-16-26-15-8-9-17-27(26)31)28-18-11-19-30(33(28)38-34)32-24(2)39-40(3)35(32)37-23-25-13-6-5-7-14-25/h5-11,13-19,21,37-38H,4,12,20,22-23H2,1-3H3. The van der Waals surface area contributed by atoms with Crippen LogP contribution in [-0.4, -0.2) is 33.9 Å². The zero-order valence-corrected chi connectivity index (χ0v) is 24.8. The van der Waals surface area contributed by atoms with Gasteiger partial charge < -0.3 is 19.8 Å². The van der Waals surface area contributed by atoms with Crippen LogP contribution in [0.3, 0.4) is 0 Å². The van der Waals surface area contributed by atoms with Gasteiger partial charge in [-0.15, -0.1) is 0 Å². The molecule has 6 aromatic rings. The Morgan fingerprint density at radius 2 is 1.67 bits per heavy atom. The van der Waals surface area contributed by atoms with E-state index in [0.717, 1.165) is 62.0 Å². The molecular formula is C36H36N4O3. The lowest BCUT2D eigenvalue weighted by Crippen LogP contribution is -2.09. The number of H-pyrrole nitrogens is 1. The summed E-state index contributed by atoms with van der Waals surface area (Å²) in [5, 5.41) is 11.6. The molecule has 0 spiro atoms. The number of aromatic nitrogens is 3. The summed E-state index contributed by atoms with van der Waals surface area (Å²) < 4.78 is 13.6. The van der Waals surface area contributed by atoms with Crippen molar-refractivity contribution in [2.75, 3.05) is 18.5 Å². The van der Waals surface area contributed by atoms with Gasteiger partial charge in [0.1, 0.15) is 17.3 Å². The van der Waals surface area contributed by atoms with Gasteiger partial charge in [-0.1, -0.05) is 84.9 Å². The molecule has 2 aromatic heterocycles. The van der Waals surface area contributed by atoms with Crippen LogP contribution in [0.4, 0.5) is 5.82 Å². The first-order valence-electron chi connectivity index (χ1n) is 14.8. The quantitative estimate of drug-likeness (QED) is 0.122. The Bertz CT molecular complexity index is 1880. The van der Waals surface area contributed by atoms with Crippen molar-refractivity contribution in [3.8, 4) is 16.9 Å². The molecule has 4 aromatic carbocycles. The fourth-order valence-corrected chi connectivity index (χ4v) is 5.84. The lowest BCUT2D eigenvalue weighted by molar-refractivity contribution is 0.0519. The summed E-state index contributed by atoms with van der Waals surface area (Å²) in [6.45, 7) is 5.34. The predicted octanol–water partition coefficient (Wildman–Crippen LogP) is 7.83. The molecule has 2 heterocycles. The molecule has 0 atom stereocenters. The molecule has 0 aliphatic carbocycles. The number of rotatable bonds is 11. The van der Waals surface area contributed by atoms with Crippen LogP contribution in [0.25, 0.3) is 32.8 Å². The molecular weight excluding hydrogens is 536 g/mol. The number of fused-ring (bicyclic) bond motifs is 2. The van der Waals surface area contributed by atoms with E-state index in [1.807, 2.05) is 74.1 Å². The molecule has 0 amide bonds. The molecule has 0 radical (unpaired) electrons. The first kappa shape index (κ1) is 28.1. The number of anilines is 1. The Morgan fingerprint density at radius 3 is 2.51 bits per heavy atom. The summed E-state index contributed by atoms with van der Waals surface area (Å²) in [6, 6.07) is 30.8. The number of benzene rings is 4. The first-order valence-corrected chi connectivity index (χ1v) is 14.8. The average molecular weight is 573 g/mol. The maximum atomic E-state index is 13.2. The highest BCUT2D eigenvalue weighted by Gasteiger charge is 2.23. The number of carbonyl (C=O) groups is 1. The molecule has 0 saturated heterocycles. The minimum absolute atomic E-state index is 0.306. The summed E-state index contributed by atoms with van der Waals surface area (Å²) in [4.78, 5) is 16.6. The number of ether oxygens (including phenoxy) is 2. The second-order valence-electron chi connectivity index (χ2n) is 10.6. The summed E-state index contributed by atoms with van der Waals surface area (Å²) in [5.74, 6) is 1.44. The van der Waals surface area contributed by atoms with Gasteiger partial charge >= 0.3 is 5.97 Å². The Kier molecular flexibility index (Phi) is 8.13. The van der Waals surface area contributed by atoms with Crippen LogP contribution in [-0.2, 0) is 24.8 Å². The number of aryl methyl sites for hydroxylation is 3. The number of hydrogen-bond donors (Lipinski definition) is 2. The number of nitrogens with zero attached hydrogens (tertiary/aromatic N) is 2. The summed E-state index contributed by atoms with van der Waals surface area (Å²) in [7, 11) is 1.95. The monoisotopic (exact) mass is 572 g/mol. The van der Waals surface area contributed by atoms with E-state index >= 15 is 0 Å². The lowest BCUT2D eigenvalue weighted by Gasteiger charge is -2.11. The Balaban J connectivity index is 1.31. The zero-order valence-electron chi connectivity index (χ0n) is 24.8. The molecule has 7 nitrogen and oxygen atoms in total. The van der Waals surface area contributed by atoms with Crippen molar-refractivity contribution in [3.05, 3.63) is 114 Å². The number of nitrogens with one attached hydrogen (secondary N) is 2. The van der Waals surface area contributed by atoms with Crippen LogP contribution >= 0.6 is 0 Å². The summed E-state index contributed by atoms with van der Waals surface area (Å²) in [6.07, 6.45) is 1.40. The molecule has 218 valence electrons. The van der Waals surface area contributed by atoms with Crippen molar-refractivity contribution in [3.63, 3.8) is 0 Å². The Morgan fingerprint density at radius 1 is 0.930 bits per heavy atom. The van der Waals surface area contributed by atoms with E-state index in [2.05, 4.69) is 52.8 Å². The summed E-state index contributed by atoms with van der Waals surface area (Å²) in [5.41, 5.74) is 6.42. The van der Waals surface area contributed by atoms with E-state index in [0.29, 0.717) is 31.9 Å². The van der Waals surface area contributed by atoms with E-state index in [4.69, 9.17) is 14.6 Å². The highest BCUT2D eigenvalue weighted by molar-refractivity contribution is 6.05. The fraction of sp³-hybridized carbons (Fsp3) is 0.222. The Hall–Kier alpha value is -5.04. The second-order valence-corrected chi connectivity index (χ2v) is 10.6. The molecule has 0 fully saturated rings. The zero-order chi connectivity index (χ0) is 29.8. The van der Waals surface area contributed by atoms with Gasteiger partial charge in [0.2, 0.25) is 0 Å². The Labute approximate surface area is 251 Å². The maximum Gasteiger partial charge on any atom is 0.355 e. The molecule has 6 rings (SSSR count). The van der Waals surface area contributed by atoms with Crippen LogP contribution in [0.5, 0.6) is 5.75 Å². The third-order valence-electron chi connectivity index (χ3n) is 7.79. The third kappa shape index (κ3) is 5.71. The van der Waals surface area contributed by atoms with E-state index in [1.54, 1.807) is 0 Å². The van der Waals surface area contributed by atoms with Crippen LogP contribution < -0.4 is 10.1 Å². The second kappa shape index (κ2) is 12.4. The van der Waals surface area contributed by atoms with Crippen molar-refractivity contribution in [1.29, 1.82) is 0 Å². The van der Waals surface area contributed by atoms with Gasteiger partial charge in [0, 0.05) is 35.5 Å². The number of hydrogen-bond acceptors (Lipinski definition) is 5. The molecule has 0 aliphatic heterocycles. The number of esters is 1. The van der Waals surface area contributed by atoms with Gasteiger partial charge in [0.15, 0.2) is 0 Å². The first-order chi connectivity index (χ1) is 21.0. The third-order valence-corrected chi connectivity index (χ3v) is 7.79. The molecule has 0 aliphatic rings.